The fourth-order valence-electron chi connectivity index (χ4n) is 5.57. The van der Waals surface area contributed by atoms with E-state index < -0.39 is 73.2 Å². The van der Waals surface area contributed by atoms with Crippen LogP contribution in [0.1, 0.15) is 38.7 Å². The number of alkyl halides is 7. The average molecular weight is 700 g/mol. The fraction of sp³-hybridized carbons (Fsp3) is 0.542. The Morgan fingerprint density at radius 2 is 1.51 bits per heavy atom. The predicted molar refractivity (Wildman–Crippen MR) is 145 cm³/mol. The quantitative estimate of drug-likeness (QED) is 0.327. The molecule has 5 rings (SSSR count). The molecule has 0 atom stereocenters. The van der Waals surface area contributed by atoms with Gasteiger partial charge in [0.2, 0.25) is 0 Å². The highest BCUT2D eigenvalue weighted by Crippen LogP contribution is 2.62. The molecule has 238 valence electrons. The van der Waals surface area contributed by atoms with Crippen molar-refractivity contribution in [3.05, 3.63) is 38.4 Å². The van der Waals surface area contributed by atoms with Crippen molar-refractivity contribution in [1.82, 2.24) is 14.8 Å². The normalized spacial score (nSPS) is 21.4. The maximum absolute atomic E-state index is 13.7. The molecule has 3 saturated heterocycles. The van der Waals surface area contributed by atoms with Crippen LogP contribution in [0.25, 0.3) is 10.4 Å². The van der Waals surface area contributed by atoms with Crippen molar-refractivity contribution >= 4 is 56.9 Å². The molecule has 0 saturated carbocycles. The Bertz CT molecular complexity index is 1450. The minimum atomic E-state index is -6.24. The first kappa shape index (κ1) is 32.5. The molecule has 0 bridgehead atoms. The summed E-state index contributed by atoms with van der Waals surface area (Å²) in [6, 6.07) is 0.985. The second kappa shape index (κ2) is 10.6. The van der Waals surface area contributed by atoms with Gasteiger partial charge in [-0.2, -0.15) is 36.9 Å². The van der Waals surface area contributed by atoms with Gasteiger partial charge < -0.3 is 14.9 Å². The summed E-state index contributed by atoms with van der Waals surface area (Å²) in [4.78, 5) is 33.3. The van der Waals surface area contributed by atoms with E-state index in [1.807, 2.05) is 0 Å². The number of benzene rings is 1. The van der Waals surface area contributed by atoms with Gasteiger partial charge in [0.1, 0.15) is 11.9 Å². The number of aliphatic hydroxyl groups is 1. The topological polar surface area (TPSA) is 114 Å². The van der Waals surface area contributed by atoms with Gasteiger partial charge in [-0.15, -0.1) is 11.3 Å². The monoisotopic (exact) mass is 699 g/mol. The van der Waals surface area contributed by atoms with Crippen LogP contribution in [0.5, 0.6) is 0 Å². The first-order chi connectivity index (χ1) is 19.7. The molecule has 2 aromatic rings. The number of rotatable bonds is 4. The lowest BCUT2D eigenvalue weighted by atomic mass is 9.83. The van der Waals surface area contributed by atoms with Gasteiger partial charge in [-0.05, 0) is 12.8 Å². The zero-order valence-corrected chi connectivity index (χ0v) is 24.8. The number of thiazole rings is 1. The van der Waals surface area contributed by atoms with Crippen molar-refractivity contribution in [3.63, 3.8) is 0 Å². The van der Waals surface area contributed by atoms with Gasteiger partial charge in [-0.3, -0.25) is 18.7 Å². The van der Waals surface area contributed by atoms with Crippen LogP contribution in [0.4, 0.5) is 30.7 Å². The molecule has 19 heteroatoms. The van der Waals surface area contributed by atoms with Crippen molar-refractivity contribution in [1.29, 1.82) is 0 Å². The second-order valence-electron chi connectivity index (χ2n) is 10.9. The Hall–Kier alpha value is -1.89. The minimum Gasteiger partial charge on any atom is -0.369 e. The molecule has 1 aromatic heterocycles. The van der Waals surface area contributed by atoms with E-state index in [4.69, 9.17) is 23.2 Å². The van der Waals surface area contributed by atoms with Crippen molar-refractivity contribution in [2.45, 2.75) is 37.0 Å². The summed E-state index contributed by atoms with van der Waals surface area (Å²) in [6.45, 7) is 0.329. The molecule has 8 nitrogen and oxygen atoms in total. The summed E-state index contributed by atoms with van der Waals surface area (Å²) in [7, 11) is -2.69. The van der Waals surface area contributed by atoms with E-state index in [0.717, 1.165) is 0 Å². The van der Waals surface area contributed by atoms with E-state index in [-0.39, 0.29) is 72.0 Å². The molecule has 0 unspecified atom stereocenters. The van der Waals surface area contributed by atoms with Crippen LogP contribution in [0, 0.1) is 5.41 Å². The standard InChI is InChI=1S/C24H22Cl2F7N3O5S2/c25-14-12(1-2-13(15(14)26)22(39,23(28,29)30)24(31,32)33)17-16(19(37)35-5-3-11(27)4-6-35)34-18(42-17)20(38)36-7-21(8-36)9-43(40,41)10-21/h1-2,11,39-41H,3-10H2. The van der Waals surface area contributed by atoms with E-state index in [9.17, 15) is 54.5 Å². The number of carbonyl (C=O) groups excluding carboxylic acids is 2. The fourth-order valence-corrected chi connectivity index (χ4v) is 9.49. The number of halogens is 9. The Morgan fingerprint density at radius 3 is 2.02 bits per heavy atom. The number of likely N-dealkylation sites (tertiary alicyclic amines) is 2. The van der Waals surface area contributed by atoms with E-state index in [1.165, 1.54) is 9.80 Å². The van der Waals surface area contributed by atoms with Crippen molar-refractivity contribution in [2.24, 2.45) is 5.41 Å². The van der Waals surface area contributed by atoms with Gasteiger partial charge in [0.05, 0.1) is 14.9 Å². The molecule has 4 heterocycles. The highest BCUT2D eigenvalue weighted by atomic mass is 35.5. The molecule has 0 radical (unpaired) electrons. The lowest BCUT2D eigenvalue weighted by Gasteiger charge is -2.63. The molecule has 0 aliphatic carbocycles. The van der Waals surface area contributed by atoms with E-state index in [2.05, 4.69) is 4.98 Å². The number of aromatic nitrogens is 1. The van der Waals surface area contributed by atoms with E-state index in [0.29, 0.717) is 17.4 Å². The molecule has 43 heavy (non-hydrogen) atoms. The van der Waals surface area contributed by atoms with Crippen LogP contribution in [-0.2, 0) is 5.60 Å². The van der Waals surface area contributed by atoms with Gasteiger partial charge in [-0.25, -0.2) is 9.37 Å². The van der Waals surface area contributed by atoms with Gasteiger partial charge in [-0.1, -0.05) is 35.3 Å². The highest BCUT2D eigenvalue weighted by molar-refractivity contribution is 8.25. The third-order valence-corrected chi connectivity index (χ3v) is 11.8. The number of hydrogen-bond acceptors (Lipinski definition) is 7. The third kappa shape index (κ3) is 5.48. The molecule has 1 aromatic carbocycles. The number of amides is 2. The average Bonchev–Trinajstić information content (AvgIpc) is 3.30. The zero-order chi connectivity index (χ0) is 31.9. The largest absolute Gasteiger partial charge is 0.430 e. The molecule has 2 amide bonds. The van der Waals surface area contributed by atoms with Gasteiger partial charge in [0.25, 0.3) is 17.4 Å². The van der Waals surface area contributed by atoms with Crippen LogP contribution in [0.3, 0.4) is 0 Å². The molecule has 3 aliphatic rings. The summed E-state index contributed by atoms with van der Waals surface area (Å²) in [5, 5.41) is 7.45. The van der Waals surface area contributed by atoms with Gasteiger partial charge >= 0.3 is 12.4 Å². The summed E-state index contributed by atoms with van der Waals surface area (Å²) in [5.41, 5.74) is -8.34. The molecule has 3 fully saturated rings. The number of hydrogen-bond donors (Lipinski definition) is 3. The molecule has 1 spiro atoms. The second-order valence-corrected chi connectivity index (χ2v) is 14.8. The highest BCUT2D eigenvalue weighted by Gasteiger charge is 2.72. The summed E-state index contributed by atoms with van der Waals surface area (Å²) in [5.74, 6) is -1.17. The summed E-state index contributed by atoms with van der Waals surface area (Å²) >= 11 is 12.7. The van der Waals surface area contributed by atoms with Gasteiger partial charge in [0, 0.05) is 54.2 Å². The summed E-state index contributed by atoms with van der Waals surface area (Å²) in [6.07, 6.45) is -13.6. The molecule has 3 aliphatic heterocycles. The van der Waals surface area contributed by atoms with Crippen LogP contribution in [0.15, 0.2) is 12.1 Å². The minimum absolute atomic E-state index is 0.0147. The van der Waals surface area contributed by atoms with Crippen molar-refractivity contribution < 1.29 is 54.5 Å². The molecular weight excluding hydrogens is 678 g/mol. The van der Waals surface area contributed by atoms with Crippen molar-refractivity contribution in [2.75, 3.05) is 37.7 Å². The van der Waals surface area contributed by atoms with Crippen molar-refractivity contribution in [3.8, 4) is 10.4 Å². The number of carbonyl (C=O) groups is 2. The third-order valence-electron chi connectivity index (χ3n) is 7.68. The Morgan fingerprint density at radius 1 is 0.953 bits per heavy atom. The first-order valence-electron chi connectivity index (χ1n) is 12.5. The number of piperidine rings is 1. The zero-order valence-electron chi connectivity index (χ0n) is 21.6. The van der Waals surface area contributed by atoms with Crippen LogP contribution >= 0.6 is 45.1 Å². The lowest BCUT2D eigenvalue weighted by Crippen LogP contribution is -2.67. The Labute approximate surface area is 254 Å². The van der Waals surface area contributed by atoms with E-state index >= 15 is 0 Å². The smallest absolute Gasteiger partial charge is 0.369 e. The lowest BCUT2D eigenvalue weighted by molar-refractivity contribution is -0.376. The number of nitrogens with zero attached hydrogens (tertiary/aromatic N) is 3. The van der Waals surface area contributed by atoms with Crippen LogP contribution in [-0.4, -0.2) is 97.0 Å². The predicted octanol–water partition coefficient (Wildman–Crippen LogP) is 6.21. The molecule has 3 N–H and O–H groups in total. The summed E-state index contributed by atoms with van der Waals surface area (Å²) < 4.78 is 114. The van der Waals surface area contributed by atoms with Gasteiger partial charge in [0.15, 0.2) is 5.01 Å². The van der Waals surface area contributed by atoms with E-state index in [1.54, 1.807) is 0 Å². The Kier molecular flexibility index (Phi) is 8.01. The Balaban J connectivity index is 1.54. The maximum atomic E-state index is 13.7. The van der Waals surface area contributed by atoms with Crippen LogP contribution in [0.2, 0.25) is 10.0 Å². The van der Waals surface area contributed by atoms with Crippen LogP contribution < -0.4 is 0 Å². The maximum Gasteiger partial charge on any atom is 0.430 e. The first-order valence-corrected chi connectivity index (χ1v) is 16.0. The molecular formula is C24H22Cl2F7N3O5S2. The SMILES string of the molecule is O=C(c1nc(C(=O)N2CCC(F)CC2)c(-c2ccc(C(O)(C(F)(F)F)C(F)(F)F)c(Cl)c2Cl)s1)N1CC2(C1)CS(O)(O)C2.